The van der Waals surface area contributed by atoms with Gasteiger partial charge in [0.05, 0.1) is 0 Å². The molecule has 1 saturated heterocycles. The van der Waals surface area contributed by atoms with E-state index in [0.29, 0.717) is 0 Å². The number of thioether (sulfide) groups is 1. The van der Waals surface area contributed by atoms with Gasteiger partial charge in [0.1, 0.15) is 0 Å². The Morgan fingerprint density at radius 1 is 1.71 bits per heavy atom. The average Bonchev–Trinajstić information content (AvgIpc) is 1.69. The summed E-state index contributed by atoms with van der Waals surface area (Å²) >= 11 is 1.99. The minimum atomic E-state index is 0.888. The second kappa shape index (κ2) is 2.58. The molecule has 0 bridgehead atoms. The second-order valence-corrected chi connectivity index (χ2v) is 3.10. The highest BCUT2D eigenvalue weighted by Crippen LogP contribution is 2.09. The molecule has 1 N–H and O–H groups in total. The van der Waals surface area contributed by atoms with E-state index in [0.717, 1.165) is 11.8 Å². The third-order valence-corrected chi connectivity index (χ3v) is 2.31. The predicted octanol–water partition coefficient (Wildman–Crippen LogP) is 0.916. The fourth-order valence-electron chi connectivity index (χ4n) is 0.697. The van der Waals surface area contributed by atoms with E-state index >= 15 is 0 Å². The maximum absolute atomic E-state index is 3.30. The van der Waals surface area contributed by atoms with Gasteiger partial charge in [-0.1, -0.05) is 6.92 Å². The molecule has 0 aliphatic carbocycles. The van der Waals surface area contributed by atoms with Crippen molar-refractivity contribution in [3.8, 4) is 0 Å². The van der Waals surface area contributed by atoms with E-state index in [1.54, 1.807) is 0 Å². The Balaban J connectivity index is 2.12. The SMILES string of the molecule is CC1CNCSC1. The topological polar surface area (TPSA) is 12.0 Å². The highest BCUT2D eigenvalue weighted by atomic mass is 32.2. The molecule has 42 valence electrons. The minimum absolute atomic E-state index is 0.888. The molecule has 1 nitrogen and oxygen atoms in total. The monoisotopic (exact) mass is 117 g/mol. The summed E-state index contributed by atoms with van der Waals surface area (Å²) in [6, 6.07) is 0. The molecule has 2 heteroatoms. The van der Waals surface area contributed by atoms with Crippen molar-refractivity contribution in [1.29, 1.82) is 0 Å². The fraction of sp³-hybridized carbons (Fsp3) is 1.00. The van der Waals surface area contributed by atoms with E-state index in [1.807, 2.05) is 11.8 Å². The first kappa shape index (κ1) is 5.45. The van der Waals surface area contributed by atoms with Crippen LogP contribution in [0.5, 0.6) is 0 Å². The van der Waals surface area contributed by atoms with Crippen LogP contribution in [0.25, 0.3) is 0 Å². The second-order valence-electron chi connectivity index (χ2n) is 2.07. The third kappa shape index (κ3) is 1.70. The first-order chi connectivity index (χ1) is 3.39. The number of rotatable bonds is 0. The Labute approximate surface area is 48.9 Å². The number of hydrogen-bond donors (Lipinski definition) is 1. The Kier molecular flexibility index (Phi) is 2.00. The van der Waals surface area contributed by atoms with Gasteiger partial charge in [-0.3, -0.25) is 0 Å². The summed E-state index contributed by atoms with van der Waals surface area (Å²) in [7, 11) is 0. The van der Waals surface area contributed by atoms with Crippen LogP contribution in [-0.4, -0.2) is 18.2 Å². The van der Waals surface area contributed by atoms with Gasteiger partial charge in [0.25, 0.3) is 0 Å². The lowest BCUT2D eigenvalue weighted by Crippen LogP contribution is -2.27. The Morgan fingerprint density at radius 2 is 2.57 bits per heavy atom. The maximum atomic E-state index is 3.30. The van der Waals surface area contributed by atoms with E-state index in [4.69, 9.17) is 0 Å². The van der Waals surface area contributed by atoms with Crippen molar-refractivity contribution in [3.63, 3.8) is 0 Å². The minimum Gasteiger partial charge on any atom is -0.308 e. The highest BCUT2D eigenvalue weighted by molar-refractivity contribution is 7.99. The fourth-order valence-corrected chi connectivity index (χ4v) is 1.60. The number of nitrogens with one attached hydrogen (secondary N) is 1. The molecule has 0 aromatic rings. The molecular weight excluding hydrogens is 106 g/mol. The highest BCUT2D eigenvalue weighted by Gasteiger charge is 2.05. The van der Waals surface area contributed by atoms with Crippen LogP contribution in [0.1, 0.15) is 6.92 Å². The summed E-state index contributed by atoms with van der Waals surface area (Å²) in [6.45, 7) is 3.49. The van der Waals surface area contributed by atoms with Gasteiger partial charge in [0.15, 0.2) is 0 Å². The standard InChI is InChI=1S/C5H11NS/c1-5-2-6-4-7-3-5/h5-6H,2-4H2,1H3. The van der Waals surface area contributed by atoms with Crippen molar-refractivity contribution < 1.29 is 0 Å². The molecule has 0 amide bonds. The van der Waals surface area contributed by atoms with Crippen LogP contribution in [-0.2, 0) is 0 Å². The van der Waals surface area contributed by atoms with Crippen LogP contribution in [0.15, 0.2) is 0 Å². The molecule has 0 radical (unpaired) electrons. The van der Waals surface area contributed by atoms with Gasteiger partial charge in [0.2, 0.25) is 0 Å². The quantitative estimate of drug-likeness (QED) is 0.506. The Morgan fingerprint density at radius 3 is 2.86 bits per heavy atom. The van der Waals surface area contributed by atoms with Crippen molar-refractivity contribution in [3.05, 3.63) is 0 Å². The maximum Gasteiger partial charge on any atom is 0.0418 e. The van der Waals surface area contributed by atoms with E-state index in [1.165, 1.54) is 12.3 Å². The van der Waals surface area contributed by atoms with Crippen molar-refractivity contribution >= 4 is 11.8 Å². The molecule has 0 aromatic carbocycles. The molecule has 1 unspecified atom stereocenters. The lowest BCUT2D eigenvalue weighted by Gasteiger charge is -2.17. The zero-order valence-electron chi connectivity index (χ0n) is 4.61. The van der Waals surface area contributed by atoms with E-state index in [9.17, 15) is 0 Å². The van der Waals surface area contributed by atoms with Crippen LogP contribution in [0.4, 0.5) is 0 Å². The third-order valence-electron chi connectivity index (χ3n) is 1.10. The van der Waals surface area contributed by atoms with Gasteiger partial charge in [-0.25, -0.2) is 0 Å². The van der Waals surface area contributed by atoms with E-state index in [-0.39, 0.29) is 0 Å². The summed E-state index contributed by atoms with van der Waals surface area (Å²) in [4.78, 5) is 0. The molecule has 1 aliphatic heterocycles. The van der Waals surface area contributed by atoms with Gasteiger partial charge >= 0.3 is 0 Å². The Bertz CT molecular complexity index is 50.0. The molecule has 0 aromatic heterocycles. The first-order valence-corrected chi connectivity index (χ1v) is 3.83. The molecule has 7 heavy (non-hydrogen) atoms. The van der Waals surface area contributed by atoms with Gasteiger partial charge in [0, 0.05) is 5.88 Å². The summed E-state index contributed by atoms with van der Waals surface area (Å²) in [6.07, 6.45) is 0. The average molecular weight is 117 g/mol. The molecule has 1 aliphatic rings. The zero-order chi connectivity index (χ0) is 5.11. The lowest BCUT2D eigenvalue weighted by molar-refractivity contribution is 0.579. The van der Waals surface area contributed by atoms with Crippen LogP contribution < -0.4 is 5.32 Å². The van der Waals surface area contributed by atoms with Gasteiger partial charge in [-0.2, -0.15) is 0 Å². The van der Waals surface area contributed by atoms with Crippen molar-refractivity contribution in [2.75, 3.05) is 18.2 Å². The normalized spacial score (nSPS) is 33.0. The summed E-state index contributed by atoms with van der Waals surface area (Å²) < 4.78 is 0. The van der Waals surface area contributed by atoms with Gasteiger partial charge in [-0.15, -0.1) is 11.8 Å². The molecule has 0 saturated carbocycles. The number of hydrogen-bond acceptors (Lipinski definition) is 2. The zero-order valence-corrected chi connectivity index (χ0v) is 5.42. The molecular formula is C5H11NS. The molecule has 0 spiro atoms. The molecule has 1 fully saturated rings. The molecule has 1 atom stereocenters. The first-order valence-electron chi connectivity index (χ1n) is 2.68. The van der Waals surface area contributed by atoms with Crippen LogP contribution in [0, 0.1) is 5.92 Å². The largest absolute Gasteiger partial charge is 0.308 e. The van der Waals surface area contributed by atoms with Gasteiger partial charge in [-0.05, 0) is 18.2 Å². The Hall–Kier alpha value is 0.310. The van der Waals surface area contributed by atoms with E-state index in [2.05, 4.69) is 12.2 Å². The van der Waals surface area contributed by atoms with Gasteiger partial charge < -0.3 is 5.32 Å². The lowest BCUT2D eigenvalue weighted by atomic mass is 10.2. The summed E-state index contributed by atoms with van der Waals surface area (Å²) in [5.74, 6) is 3.39. The van der Waals surface area contributed by atoms with Crippen LogP contribution >= 0.6 is 11.8 Å². The summed E-state index contributed by atoms with van der Waals surface area (Å²) in [5, 5.41) is 3.30. The molecule has 1 heterocycles. The van der Waals surface area contributed by atoms with Crippen molar-refractivity contribution in [2.45, 2.75) is 6.92 Å². The van der Waals surface area contributed by atoms with Crippen LogP contribution in [0.2, 0.25) is 0 Å². The predicted molar refractivity (Wildman–Crippen MR) is 34.5 cm³/mol. The smallest absolute Gasteiger partial charge is 0.0418 e. The molecule has 1 rings (SSSR count). The summed E-state index contributed by atoms with van der Waals surface area (Å²) in [5.41, 5.74) is 0. The van der Waals surface area contributed by atoms with Crippen molar-refractivity contribution in [1.82, 2.24) is 5.32 Å². The van der Waals surface area contributed by atoms with Crippen LogP contribution in [0.3, 0.4) is 0 Å². The van der Waals surface area contributed by atoms with E-state index < -0.39 is 0 Å². The van der Waals surface area contributed by atoms with Crippen molar-refractivity contribution in [2.24, 2.45) is 5.92 Å².